The molecule has 0 amide bonds. The molecule has 14 heavy (non-hydrogen) atoms. The van der Waals surface area contributed by atoms with Gasteiger partial charge in [0.2, 0.25) is 0 Å². The van der Waals surface area contributed by atoms with Crippen LogP contribution in [0.5, 0.6) is 0 Å². The minimum Gasteiger partial charge on any atom is -0.374 e. The molecule has 0 aliphatic carbocycles. The van der Waals surface area contributed by atoms with Crippen LogP contribution < -0.4 is 0 Å². The molecule has 1 aromatic carbocycles. The van der Waals surface area contributed by atoms with E-state index in [4.69, 9.17) is 4.74 Å². The van der Waals surface area contributed by atoms with Gasteiger partial charge >= 0.3 is 0 Å². The maximum Gasteiger partial charge on any atom is 0.0720 e. The highest BCUT2D eigenvalue weighted by molar-refractivity contribution is 5.47. The van der Waals surface area contributed by atoms with Gasteiger partial charge in [0.05, 0.1) is 12.7 Å². The molecule has 1 aromatic rings. The maximum atomic E-state index is 5.62. The first kappa shape index (κ1) is 11.0. The average Bonchev–Trinajstić information content (AvgIpc) is 2.26. The summed E-state index contributed by atoms with van der Waals surface area (Å²) in [6.07, 6.45) is 3.25. The van der Waals surface area contributed by atoms with Crippen LogP contribution >= 0.6 is 0 Å². The summed E-state index contributed by atoms with van der Waals surface area (Å²) < 4.78 is 5.62. The third kappa shape index (κ3) is 3.35. The fourth-order valence-electron chi connectivity index (χ4n) is 1.11. The molecule has 0 heterocycles. The van der Waals surface area contributed by atoms with E-state index in [1.807, 2.05) is 6.08 Å². The van der Waals surface area contributed by atoms with Crippen molar-refractivity contribution in [3.63, 3.8) is 0 Å². The monoisotopic (exact) mass is 190 g/mol. The lowest BCUT2D eigenvalue weighted by atomic mass is 10.1. The Bertz CT molecular complexity index is 274. The molecule has 1 rings (SSSR count). The van der Waals surface area contributed by atoms with Crippen molar-refractivity contribution in [1.29, 1.82) is 0 Å². The fourth-order valence-corrected chi connectivity index (χ4v) is 1.11. The maximum absolute atomic E-state index is 5.62. The summed E-state index contributed by atoms with van der Waals surface area (Å²) in [6, 6.07) is 8.28. The number of hydrogen-bond acceptors (Lipinski definition) is 1. The van der Waals surface area contributed by atoms with Crippen molar-refractivity contribution in [2.24, 2.45) is 0 Å². The highest BCUT2D eigenvalue weighted by atomic mass is 16.5. The molecule has 0 radical (unpaired) electrons. The first-order valence-corrected chi connectivity index (χ1v) is 5.09. The Morgan fingerprint density at radius 3 is 2.50 bits per heavy atom. The largest absolute Gasteiger partial charge is 0.374 e. The van der Waals surface area contributed by atoms with E-state index in [0.29, 0.717) is 12.7 Å². The molecule has 0 aliphatic rings. The van der Waals surface area contributed by atoms with Crippen LogP contribution in [0.25, 0.3) is 6.08 Å². The third-order valence-corrected chi connectivity index (χ3v) is 2.32. The van der Waals surface area contributed by atoms with Crippen LogP contribution in [0.4, 0.5) is 0 Å². The molecule has 0 saturated carbocycles. The van der Waals surface area contributed by atoms with Crippen LogP contribution in [0.3, 0.4) is 0 Å². The van der Waals surface area contributed by atoms with Crippen LogP contribution in [-0.4, -0.2) is 6.10 Å². The van der Waals surface area contributed by atoms with Gasteiger partial charge in [-0.2, -0.15) is 0 Å². The summed E-state index contributed by atoms with van der Waals surface area (Å²) in [6.45, 7) is 8.64. The smallest absolute Gasteiger partial charge is 0.0720 e. The Morgan fingerprint density at radius 2 is 2.00 bits per heavy atom. The van der Waals surface area contributed by atoms with Crippen molar-refractivity contribution >= 4 is 6.08 Å². The van der Waals surface area contributed by atoms with E-state index < -0.39 is 0 Å². The van der Waals surface area contributed by atoms with Crippen LogP contribution in [0.15, 0.2) is 30.8 Å². The number of hydrogen-bond donors (Lipinski definition) is 0. The van der Waals surface area contributed by atoms with Crippen LogP contribution in [0.2, 0.25) is 0 Å². The van der Waals surface area contributed by atoms with Gasteiger partial charge < -0.3 is 4.74 Å². The van der Waals surface area contributed by atoms with Crippen molar-refractivity contribution in [3.05, 3.63) is 42.0 Å². The van der Waals surface area contributed by atoms with Gasteiger partial charge in [-0.1, -0.05) is 43.8 Å². The standard InChI is InChI=1S/C13H18O/c1-4-11(3)14-10-13-8-6-12(5-2)7-9-13/h5-9,11H,2,4,10H2,1,3H3. The summed E-state index contributed by atoms with van der Waals surface area (Å²) in [4.78, 5) is 0. The van der Waals surface area contributed by atoms with E-state index in [0.717, 1.165) is 12.0 Å². The first-order valence-electron chi connectivity index (χ1n) is 5.09. The van der Waals surface area contributed by atoms with Gasteiger partial charge in [-0.15, -0.1) is 0 Å². The minimum atomic E-state index is 0.342. The number of benzene rings is 1. The third-order valence-electron chi connectivity index (χ3n) is 2.32. The molecule has 1 heteroatoms. The second-order valence-electron chi connectivity index (χ2n) is 3.48. The zero-order valence-electron chi connectivity index (χ0n) is 8.99. The van der Waals surface area contributed by atoms with Gasteiger partial charge in [-0.05, 0) is 24.5 Å². The zero-order chi connectivity index (χ0) is 10.4. The van der Waals surface area contributed by atoms with E-state index in [2.05, 4.69) is 44.7 Å². The molecule has 0 fully saturated rings. The summed E-state index contributed by atoms with van der Waals surface area (Å²) in [5.74, 6) is 0. The van der Waals surface area contributed by atoms with Crippen LogP contribution in [0.1, 0.15) is 31.4 Å². The van der Waals surface area contributed by atoms with Gasteiger partial charge in [0, 0.05) is 0 Å². The topological polar surface area (TPSA) is 9.23 Å². The van der Waals surface area contributed by atoms with Crippen molar-refractivity contribution in [2.75, 3.05) is 0 Å². The zero-order valence-corrected chi connectivity index (χ0v) is 8.99. The number of rotatable bonds is 5. The Kier molecular flexibility index (Phi) is 4.41. The summed E-state index contributed by atoms with van der Waals surface area (Å²) in [5.41, 5.74) is 2.37. The molecule has 0 N–H and O–H groups in total. The summed E-state index contributed by atoms with van der Waals surface area (Å²) >= 11 is 0. The van der Waals surface area contributed by atoms with Gasteiger partial charge in [0.15, 0.2) is 0 Å². The minimum absolute atomic E-state index is 0.342. The van der Waals surface area contributed by atoms with E-state index in [1.165, 1.54) is 5.56 Å². The van der Waals surface area contributed by atoms with Crippen molar-refractivity contribution in [3.8, 4) is 0 Å². The lowest BCUT2D eigenvalue weighted by Gasteiger charge is -2.10. The molecule has 0 aromatic heterocycles. The second-order valence-corrected chi connectivity index (χ2v) is 3.48. The van der Waals surface area contributed by atoms with Gasteiger partial charge in [-0.25, -0.2) is 0 Å². The van der Waals surface area contributed by atoms with Gasteiger partial charge in [0.1, 0.15) is 0 Å². The Labute approximate surface area is 86.4 Å². The summed E-state index contributed by atoms with van der Waals surface area (Å²) in [7, 11) is 0. The molecular weight excluding hydrogens is 172 g/mol. The highest BCUT2D eigenvalue weighted by Crippen LogP contribution is 2.08. The van der Waals surface area contributed by atoms with Gasteiger partial charge in [-0.3, -0.25) is 0 Å². The van der Waals surface area contributed by atoms with E-state index in [-0.39, 0.29) is 0 Å². The SMILES string of the molecule is C=Cc1ccc(COC(C)CC)cc1. The average molecular weight is 190 g/mol. The molecule has 1 atom stereocenters. The van der Waals surface area contributed by atoms with Crippen LogP contribution in [-0.2, 0) is 11.3 Å². The van der Waals surface area contributed by atoms with E-state index >= 15 is 0 Å². The van der Waals surface area contributed by atoms with Crippen molar-refractivity contribution in [2.45, 2.75) is 33.0 Å². The molecule has 0 spiro atoms. The molecule has 76 valence electrons. The van der Waals surface area contributed by atoms with Crippen molar-refractivity contribution in [1.82, 2.24) is 0 Å². The van der Waals surface area contributed by atoms with Crippen molar-refractivity contribution < 1.29 is 4.74 Å². The molecular formula is C13H18O. The lowest BCUT2D eigenvalue weighted by molar-refractivity contribution is 0.0508. The number of ether oxygens (including phenoxy) is 1. The molecule has 1 nitrogen and oxygen atoms in total. The Balaban J connectivity index is 2.47. The van der Waals surface area contributed by atoms with E-state index in [9.17, 15) is 0 Å². The van der Waals surface area contributed by atoms with Gasteiger partial charge in [0.25, 0.3) is 0 Å². The summed E-state index contributed by atoms with van der Waals surface area (Å²) in [5, 5.41) is 0. The predicted octanol–water partition coefficient (Wildman–Crippen LogP) is 3.64. The Hall–Kier alpha value is -1.08. The second kappa shape index (κ2) is 5.61. The lowest BCUT2D eigenvalue weighted by Crippen LogP contribution is -2.05. The highest BCUT2D eigenvalue weighted by Gasteiger charge is 1.98. The first-order chi connectivity index (χ1) is 6.76. The normalized spacial score (nSPS) is 12.4. The Morgan fingerprint density at radius 1 is 1.36 bits per heavy atom. The van der Waals surface area contributed by atoms with E-state index in [1.54, 1.807) is 0 Å². The predicted molar refractivity (Wildman–Crippen MR) is 61.1 cm³/mol. The molecule has 0 aliphatic heterocycles. The quantitative estimate of drug-likeness (QED) is 0.688. The van der Waals surface area contributed by atoms with Crippen LogP contribution in [0, 0.1) is 0 Å². The molecule has 1 unspecified atom stereocenters. The molecule has 0 bridgehead atoms. The fraction of sp³-hybridized carbons (Fsp3) is 0.385. The molecule has 0 saturated heterocycles.